The summed E-state index contributed by atoms with van der Waals surface area (Å²) in [5.41, 5.74) is 0.785. The van der Waals surface area contributed by atoms with Gasteiger partial charge in [-0.05, 0) is 42.8 Å². The number of ether oxygens (including phenoxy) is 2. The SMILES string of the molecule is CCN(Cc1ccc(Cl)s1)C(=O)/C=C\c1cc(Cl)c2c(c1)OCO2. The first-order valence-corrected chi connectivity index (χ1v) is 8.94. The molecular weight excluding hydrogens is 369 g/mol. The Bertz CT molecular complexity index is 788. The van der Waals surface area contributed by atoms with Crippen molar-refractivity contribution in [2.45, 2.75) is 13.5 Å². The van der Waals surface area contributed by atoms with Gasteiger partial charge in [0.1, 0.15) is 0 Å². The fraction of sp³-hybridized carbons (Fsp3) is 0.235. The van der Waals surface area contributed by atoms with E-state index in [1.165, 1.54) is 17.4 Å². The minimum absolute atomic E-state index is 0.0733. The fourth-order valence-corrected chi connectivity index (χ4v) is 3.70. The van der Waals surface area contributed by atoms with E-state index in [0.717, 1.165) is 14.8 Å². The molecule has 0 N–H and O–H groups in total. The molecule has 4 nitrogen and oxygen atoms in total. The largest absolute Gasteiger partial charge is 0.454 e. The normalized spacial score (nSPS) is 12.8. The van der Waals surface area contributed by atoms with E-state index in [0.29, 0.717) is 29.6 Å². The van der Waals surface area contributed by atoms with E-state index >= 15 is 0 Å². The van der Waals surface area contributed by atoms with Crippen LogP contribution in [0.2, 0.25) is 9.36 Å². The molecule has 3 rings (SSSR count). The quantitative estimate of drug-likeness (QED) is 0.692. The maximum Gasteiger partial charge on any atom is 0.246 e. The van der Waals surface area contributed by atoms with E-state index in [1.54, 1.807) is 23.1 Å². The molecule has 1 amide bonds. The minimum Gasteiger partial charge on any atom is -0.454 e. The van der Waals surface area contributed by atoms with Gasteiger partial charge in [0.2, 0.25) is 12.7 Å². The molecule has 0 atom stereocenters. The van der Waals surface area contributed by atoms with Crippen molar-refractivity contribution in [1.82, 2.24) is 4.90 Å². The summed E-state index contributed by atoms with van der Waals surface area (Å²) in [6, 6.07) is 7.32. The summed E-state index contributed by atoms with van der Waals surface area (Å²) in [5, 5.41) is 0.470. The average molecular weight is 384 g/mol. The first-order valence-electron chi connectivity index (χ1n) is 7.37. The number of hydrogen-bond donors (Lipinski definition) is 0. The van der Waals surface area contributed by atoms with Crippen LogP contribution in [0.4, 0.5) is 0 Å². The Kier molecular flexibility index (Phi) is 5.33. The first-order chi connectivity index (χ1) is 11.6. The highest BCUT2D eigenvalue weighted by molar-refractivity contribution is 7.16. The molecule has 1 aliphatic rings. The van der Waals surface area contributed by atoms with Crippen molar-refractivity contribution in [3.63, 3.8) is 0 Å². The number of nitrogens with zero attached hydrogens (tertiary/aromatic N) is 1. The van der Waals surface area contributed by atoms with Crippen molar-refractivity contribution >= 4 is 46.5 Å². The molecule has 0 spiro atoms. The van der Waals surface area contributed by atoms with Gasteiger partial charge in [0.05, 0.1) is 15.9 Å². The Morgan fingerprint density at radius 1 is 1.33 bits per heavy atom. The molecule has 0 bridgehead atoms. The van der Waals surface area contributed by atoms with Gasteiger partial charge in [0, 0.05) is 17.5 Å². The van der Waals surface area contributed by atoms with Crippen LogP contribution in [0.15, 0.2) is 30.3 Å². The summed E-state index contributed by atoms with van der Waals surface area (Å²) >= 11 is 13.6. The average Bonchev–Trinajstić information content (AvgIpc) is 3.19. The van der Waals surface area contributed by atoms with Crippen LogP contribution in [0.3, 0.4) is 0 Å². The molecule has 0 aliphatic carbocycles. The van der Waals surface area contributed by atoms with Crippen LogP contribution in [0, 0.1) is 0 Å². The molecule has 126 valence electrons. The Balaban J connectivity index is 1.70. The second kappa shape index (κ2) is 7.47. The Hall–Kier alpha value is -1.69. The summed E-state index contributed by atoms with van der Waals surface area (Å²) in [6.45, 7) is 3.26. The Morgan fingerprint density at radius 2 is 2.17 bits per heavy atom. The molecule has 24 heavy (non-hydrogen) atoms. The highest BCUT2D eigenvalue weighted by Gasteiger charge is 2.18. The highest BCUT2D eigenvalue weighted by Crippen LogP contribution is 2.40. The van der Waals surface area contributed by atoms with Crippen LogP contribution >= 0.6 is 34.5 Å². The standard InChI is InChI=1S/C17H15Cl2NO3S/c1-2-20(9-12-4-5-15(19)24-12)16(21)6-3-11-7-13(18)17-14(8-11)22-10-23-17/h3-8H,2,9-10H2,1H3/b6-3-. The van der Waals surface area contributed by atoms with E-state index < -0.39 is 0 Å². The van der Waals surface area contributed by atoms with Crippen molar-refractivity contribution in [2.75, 3.05) is 13.3 Å². The fourth-order valence-electron chi connectivity index (χ4n) is 2.33. The molecular formula is C17H15Cl2NO3S. The molecule has 1 aromatic heterocycles. The zero-order chi connectivity index (χ0) is 17.1. The Morgan fingerprint density at radius 3 is 2.88 bits per heavy atom. The number of fused-ring (bicyclic) bond motifs is 1. The lowest BCUT2D eigenvalue weighted by Gasteiger charge is -2.18. The van der Waals surface area contributed by atoms with Crippen LogP contribution < -0.4 is 9.47 Å². The molecule has 2 aromatic rings. The van der Waals surface area contributed by atoms with Gasteiger partial charge in [-0.25, -0.2) is 0 Å². The molecule has 1 aromatic carbocycles. The topological polar surface area (TPSA) is 38.8 Å². The minimum atomic E-state index is -0.0733. The van der Waals surface area contributed by atoms with Gasteiger partial charge in [0.25, 0.3) is 0 Å². The van der Waals surface area contributed by atoms with Crippen molar-refractivity contribution in [3.05, 3.63) is 50.1 Å². The van der Waals surface area contributed by atoms with Crippen molar-refractivity contribution < 1.29 is 14.3 Å². The number of benzene rings is 1. The van der Waals surface area contributed by atoms with E-state index in [4.69, 9.17) is 32.7 Å². The number of amides is 1. The van der Waals surface area contributed by atoms with E-state index in [9.17, 15) is 4.79 Å². The van der Waals surface area contributed by atoms with Crippen molar-refractivity contribution in [1.29, 1.82) is 0 Å². The van der Waals surface area contributed by atoms with Gasteiger partial charge in [-0.2, -0.15) is 0 Å². The number of rotatable bonds is 5. The molecule has 0 unspecified atom stereocenters. The lowest BCUT2D eigenvalue weighted by atomic mass is 10.2. The van der Waals surface area contributed by atoms with Gasteiger partial charge < -0.3 is 14.4 Å². The van der Waals surface area contributed by atoms with Gasteiger partial charge in [-0.15, -0.1) is 11.3 Å². The third-order valence-electron chi connectivity index (χ3n) is 3.54. The lowest BCUT2D eigenvalue weighted by Crippen LogP contribution is -2.28. The molecule has 7 heteroatoms. The van der Waals surface area contributed by atoms with Gasteiger partial charge in [-0.1, -0.05) is 23.2 Å². The summed E-state index contributed by atoms with van der Waals surface area (Å²) in [5.74, 6) is 1.07. The van der Waals surface area contributed by atoms with Crippen LogP contribution in [0.1, 0.15) is 17.4 Å². The van der Waals surface area contributed by atoms with Crippen LogP contribution in [0.5, 0.6) is 11.5 Å². The maximum atomic E-state index is 12.4. The second-order valence-corrected chi connectivity index (χ2v) is 7.33. The second-order valence-electron chi connectivity index (χ2n) is 5.13. The molecule has 0 saturated heterocycles. The van der Waals surface area contributed by atoms with E-state index in [2.05, 4.69) is 0 Å². The summed E-state index contributed by atoms with van der Waals surface area (Å²) in [4.78, 5) is 15.2. The summed E-state index contributed by atoms with van der Waals surface area (Å²) in [6.07, 6.45) is 3.26. The number of hydrogen-bond acceptors (Lipinski definition) is 4. The highest BCUT2D eigenvalue weighted by atomic mass is 35.5. The number of thiophene rings is 1. The van der Waals surface area contributed by atoms with Crippen molar-refractivity contribution in [3.8, 4) is 11.5 Å². The maximum absolute atomic E-state index is 12.4. The number of carbonyl (C=O) groups excluding carboxylic acids is 1. The third-order valence-corrected chi connectivity index (χ3v) is 5.03. The van der Waals surface area contributed by atoms with Gasteiger partial charge in [0.15, 0.2) is 11.5 Å². The predicted molar refractivity (Wildman–Crippen MR) is 97.0 cm³/mol. The van der Waals surface area contributed by atoms with Crippen LogP contribution in [-0.4, -0.2) is 24.1 Å². The van der Waals surface area contributed by atoms with Crippen LogP contribution in [-0.2, 0) is 11.3 Å². The van der Waals surface area contributed by atoms with Gasteiger partial charge in [-0.3, -0.25) is 4.79 Å². The van der Waals surface area contributed by atoms with Crippen molar-refractivity contribution in [2.24, 2.45) is 0 Å². The molecule has 1 aliphatic heterocycles. The van der Waals surface area contributed by atoms with Crippen LogP contribution in [0.25, 0.3) is 6.08 Å². The zero-order valence-electron chi connectivity index (χ0n) is 12.9. The smallest absolute Gasteiger partial charge is 0.246 e. The predicted octanol–water partition coefficient (Wildman–Crippen LogP) is 4.85. The lowest BCUT2D eigenvalue weighted by molar-refractivity contribution is -0.126. The zero-order valence-corrected chi connectivity index (χ0v) is 15.2. The Labute approximate surface area is 154 Å². The van der Waals surface area contributed by atoms with E-state index in [1.807, 2.05) is 19.1 Å². The molecule has 2 heterocycles. The number of likely N-dealkylation sites (N-methyl/N-ethyl adjacent to an activating group) is 1. The van der Waals surface area contributed by atoms with E-state index in [-0.39, 0.29) is 12.7 Å². The number of carbonyl (C=O) groups is 1. The van der Waals surface area contributed by atoms with Gasteiger partial charge >= 0.3 is 0 Å². The summed E-state index contributed by atoms with van der Waals surface area (Å²) in [7, 11) is 0. The molecule has 0 radical (unpaired) electrons. The molecule has 0 saturated carbocycles. The summed E-state index contributed by atoms with van der Waals surface area (Å²) < 4.78 is 11.3. The monoisotopic (exact) mass is 383 g/mol. The first kappa shape index (κ1) is 17.1. The third kappa shape index (κ3) is 3.86. The number of halogens is 2. The molecule has 0 fully saturated rings.